The highest BCUT2D eigenvalue weighted by molar-refractivity contribution is 5.90. The fraction of sp³-hybridized carbons (Fsp3) is 0.417. The number of nitrogens with zero attached hydrogens (tertiary/aromatic N) is 5. The van der Waals surface area contributed by atoms with Crippen molar-refractivity contribution in [2.24, 2.45) is 5.41 Å². The highest BCUT2D eigenvalue weighted by Crippen LogP contribution is 2.48. The number of ether oxygens (including phenoxy) is 1. The molecular weight excluding hydrogens is 447 g/mol. The lowest BCUT2D eigenvalue weighted by Gasteiger charge is -2.43. The van der Waals surface area contributed by atoms with Gasteiger partial charge in [0.25, 0.3) is 0 Å². The second-order valence-electron chi connectivity index (χ2n) is 9.54. The van der Waals surface area contributed by atoms with Crippen LogP contribution in [0.2, 0.25) is 0 Å². The van der Waals surface area contributed by atoms with Crippen molar-refractivity contribution in [2.45, 2.75) is 50.9 Å². The Kier molecular flexibility index (Phi) is 5.04. The molecule has 2 fully saturated rings. The molecule has 2 aliphatic rings. The number of anilines is 1. The highest BCUT2D eigenvalue weighted by atomic mass is 19.4. The molecule has 176 valence electrons. The van der Waals surface area contributed by atoms with Crippen LogP contribution < -0.4 is 4.90 Å². The molecule has 1 aliphatic heterocycles. The fourth-order valence-corrected chi connectivity index (χ4v) is 5.43. The van der Waals surface area contributed by atoms with Crippen LogP contribution in [0.5, 0.6) is 0 Å². The van der Waals surface area contributed by atoms with Gasteiger partial charge in [-0.15, -0.1) is 0 Å². The van der Waals surface area contributed by atoms with Gasteiger partial charge in [0.15, 0.2) is 0 Å². The van der Waals surface area contributed by atoms with Gasteiger partial charge in [-0.05, 0) is 61.4 Å². The van der Waals surface area contributed by atoms with Crippen molar-refractivity contribution in [3.05, 3.63) is 54.0 Å². The van der Waals surface area contributed by atoms with Gasteiger partial charge in [0.1, 0.15) is 11.4 Å². The summed E-state index contributed by atoms with van der Waals surface area (Å²) in [5.41, 5.74) is 0.0200. The van der Waals surface area contributed by atoms with E-state index < -0.39 is 29.3 Å². The molecule has 0 radical (unpaired) electrons. The van der Waals surface area contributed by atoms with Gasteiger partial charge < -0.3 is 9.30 Å². The Morgan fingerprint density at radius 2 is 2.06 bits per heavy atom. The molecule has 7 nitrogen and oxygen atoms in total. The Morgan fingerprint density at radius 1 is 1.24 bits per heavy atom. The summed E-state index contributed by atoms with van der Waals surface area (Å²) in [7, 11) is 0. The SMILES string of the molecule is C[C@]1(Cn2cnc3ccc(C#N)cc32)CCC[C@@]2(CN(c3ncccc3C(F)(F)F)C(=O)O2)C1. The van der Waals surface area contributed by atoms with Crippen LogP contribution in [0.25, 0.3) is 11.0 Å². The van der Waals surface area contributed by atoms with Crippen LogP contribution in [0.4, 0.5) is 23.8 Å². The summed E-state index contributed by atoms with van der Waals surface area (Å²) in [6.45, 7) is 2.69. The maximum atomic E-state index is 13.5. The van der Waals surface area contributed by atoms with Gasteiger partial charge >= 0.3 is 12.3 Å². The zero-order valence-corrected chi connectivity index (χ0v) is 18.5. The third-order valence-electron chi connectivity index (χ3n) is 6.78. The quantitative estimate of drug-likeness (QED) is 0.520. The van der Waals surface area contributed by atoms with E-state index in [1.807, 2.05) is 4.57 Å². The summed E-state index contributed by atoms with van der Waals surface area (Å²) in [6.07, 6.45) is 0.230. The molecular formula is C24H22F3N5O2. The van der Waals surface area contributed by atoms with Crippen LogP contribution in [0.1, 0.15) is 43.7 Å². The molecule has 1 aliphatic carbocycles. The van der Waals surface area contributed by atoms with Gasteiger partial charge in [-0.2, -0.15) is 18.4 Å². The number of amides is 1. The number of imidazole rings is 1. The largest absolute Gasteiger partial charge is 0.441 e. The van der Waals surface area contributed by atoms with Crippen molar-refractivity contribution in [1.82, 2.24) is 14.5 Å². The molecule has 0 bridgehead atoms. The highest BCUT2D eigenvalue weighted by Gasteiger charge is 2.53. The van der Waals surface area contributed by atoms with E-state index in [1.165, 1.54) is 12.3 Å². The predicted molar refractivity (Wildman–Crippen MR) is 117 cm³/mol. The lowest BCUT2D eigenvalue weighted by molar-refractivity contribution is -0.137. The Morgan fingerprint density at radius 3 is 2.82 bits per heavy atom. The molecule has 3 heterocycles. The number of fused-ring (bicyclic) bond motifs is 1. The van der Waals surface area contributed by atoms with Gasteiger partial charge in [0.2, 0.25) is 0 Å². The molecule has 34 heavy (non-hydrogen) atoms. The Labute approximate surface area is 193 Å². The van der Waals surface area contributed by atoms with Gasteiger partial charge in [-0.25, -0.2) is 14.8 Å². The van der Waals surface area contributed by atoms with E-state index in [9.17, 15) is 23.2 Å². The number of carbonyl (C=O) groups is 1. The average molecular weight is 469 g/mol. The molecule has 10 heteroatoms. The molecule has 3 aromatic rings. The number of rotatable bonds is 3. The van der Waals surface area contributed by atoms with Gasteiger partial charge in [-0.3, -0.25) is 4.90 Å². The van der Waals surface area contributed by atoms with Crippen LogP contribution in [0.3, 0.4) is 0 Å². The van der Waals surface area contributed by atoms with E-state index in [0.717, 1.165) is 34.8 Å². The average Bonchev–Trinajstić information content (AvgIpc) is 3.32. The van der Waals surface area contributed by atoms with E-state index in [4.69, 9.17) is 4.74 Å². The lowest BCUT2D eigenvalue weighted by atomic mass is 9.68. The summed E-state index contributed by atoms with van der Waals surface area (Å²) in [5, 5.41) is 9.24. The molecule has 1 saturated carbocycles. The molecule has 0 unspecified atom stereocenters. The molecule has 1 saturated heterocycles. The minimum Gasteiger partial charge on any atom is -0.441 e. The van der Waals surface area contributed by atoms with Crippen molar-refractivity contribution in [2.75, 3.05) is 11.4 Å². The van der Waals surface area contributed by atoms with E-state index in [1.54, 1.807) is 24.5 Å². The zero-order chi connectivity index (χ0) is 24.1. The number of nitriles is 1. The second kappa shape index (κ2) is 7.72. The molecule has 0 N–H and O–H groups in total. The number of alkyl halides is 3. The maximum Gasteiger partial charge on any atom is 0.419 e. The molecule has 2 atom stereocenters. The van der Waals surface area contributed by atoms with Crippen LogP contribution in [0, 0.1) is 16.7 Å². The summed E-state index contributed by atoms with van der Waals surface area (Å²) in [5.74, 6) is -0.422. The van der Waals surface area contributed by atoms with E-state index in [2.05, 4.69) is 23.0 Å². The number of hydrogen-bond donors (Lipinski definition) is 0. The summed E-state index contributed by atoms with van der Waals surface area (Å²) < 4.78 is 48.4. The molecule has 1 amide bonds. The topological polar surface area (TPSA) is 84.0 Å². The summed E-state index contributed by atoms with van der Waals surface area (Å²) in [6, 6.07) is 9.58. The molecule has 2 aromatic heterocycles. The maximum absolute atomic E-state index is 13.5. The Hall–Kier alpha value is -3.61. The van der Waals surface area contributed by atoms with E-state index in [-0.39, 0.29) is 12.0 Å². The first kappa shape index (κ1) is 22.2. The minimum absolute atomic E-state index is 0.0186. The monoisotopic (exact) mass is 469 g/mol. The predicted octanol–water partition coefficient (Wildman–Crippen LogP) is 5.30. The summed E-state index contributed by atoms with van der Waals surface area (Å²) >= 11 is 0. The van der Waals surface area contributed by atoms with Crippen molar-refractivity contribution < 1.29 is 22.7 Å². The van der Waals surface area contributed by atoms with Crippen LogP contribution in [-0.2, 0) is 17.5 Å². The first-order valence-corrected chi connectivity index (χ1v) is 11.0. The van der Waals surface area contributed by atoms with Gasteiger partial charge in [-0.1, -0.05) is 6.92 Å². The van der Waals surface area contributed by atoms with Crippen LogP contribution in [-0.4, -0.2) is 32.8 Å². The third-order valence-corrected chi connectivity index (χ3v) is 6.78. The van der Waals surface area contributed by atoms with Crippen molar-refractivity contribution in [3.8, 4) is 6.07 Å². The number of benzene rings is 1. The Bertz CT molecular complexity index is 1310. The molecule has 1 aromatic carbocycles. The second-order valence-corrected chi connectivity index (χ2v) is 9.54. The Balaban J connectivity index is 1.42. The molecule has 5 rings (SSSR count). The van der Waals surface area contributed by atoms with E-state index in [0.29, 0.717) is 24.9 Å². The molecule has 1 spiro atoms. The normalized spacial score (nSPS) is 25.0. The smallest absolute Gasteiger partial charge is 0.419 e. The summed E-state index contributed by atoms with van der Waals surface area (Å²) in [4.78, 5) is 22.1. The number of carbonyl (C=O) groups excluding carboxylic acids is 1. The minimum atomic E-state index is -4.63. The van der Waals surface area contributed by atoms with Crippen LogP contribution in [0.15, 0.2) is 42.9 Å². The number of hydrogen-bond acceptors (Lipinski definition) is 5. The van der Waals surface area contributed by atoms with Crippen molar-refractivity contribution in [3.63, 3.8) is 0 Å². The van der Waals surface area contributed by atoms with Gasteiger partial charge in [0.05, 0.1) is 41.1 Å². The van der Waals surface area contributed by atoms with Crippen LogP contribution >= 0.6 is 0 Å². The van der Waals surface area contributed by atoms with Gasteiger partial charge in [0, 0.05) is 12.7 Å². The number of pyridine rings is 1. The first-order valence-electron chi connectivity index (χ1n) is 11.0. The lowest BCUT2D eigenvalue weighted by Crippen LogP contribution is -2.45. The number of aromatic nitrogens is 3. The van der Waals surface area contributed by atoms with E-state index >= 15 is 0 Å². The van der Waals surface area contributed by atoms with Crippen molar-refractivity contribution >= 4 is 22.9 Å². The van der Waals surface area contributed by atoms with Crippen molar-refractivity contribution in [1.29, 1.82) is 5.26 Å². The zero-order valence-electron chi connectivity index (χ0n) is 18.5. The standard InChI is InChI=1S/C24H22F3N5O2/c1-22(13-31-15-30-18-6-5-16(11-28)10-19(18)31)7-3-8-23(12-22)14-32(21(33)34-23)20-17(24(25,26)27)4-2-9-29-20/h2,4-6,9-10,15H,3,7-8,12-14H2,1H3/t22-,23-/m0/s1. The fourth-order valence-electron chi connectivity index (χ4n) is 5.43. The first-order chi connectivity index (χ1) is 16.1. The number of halogens is 3. The third kappa shape index (κ3) is 3.85.